The van der Waals surface area contributed by atoms with E-state index in [0.29, 0.717) is 11.3 Å². The van der Waals surface area contributed by atoms with Gasteiger partial charge in [0, 0.05) is 18.9 Å². The molecule has 0 amide bonds. The number of aromatic nitrogens is 1. The topological polar surface area (TPSA) is 24.9 Å². The summed E-state index contributed by atoms with van der Waals surface area (Å²) in [6.45, 7) is 6.73. The fourth-order valence-corrected chi connectivity index (χ4v) is 3.30. The minimum absolute atomic E-state index is 0.403. The fourth-order valence-electron chi connectivity index (χ4n) is 3.12. The van der Waals surface area contributed by atoms with Crippen molar-refractivity contribution >= 4 is 11.6 Å². The summed E-state index contributed by atoms with van der Waals surface area (Å²) in [5, 5.41) is 4.47. The molecule has 0 aromatic carbocycles. The van der Waals surface area contributed by atoms with E-state index in [9.17, 15) is 0 Å². The Kier molecular flexibility index (Phi) is 5.23. The van der Waals surface area contributed by atoms with E-state index >= 15 is 0 Å². The maximum absolute atomic E-state index is 6.27. The molecule has 1 N–H and O–H groups in total. The summed E-state index contributed by atoms with van der Waals surface area (Å²) >= 11 is 6.27. The maximum Gasteiger partial charge on any atom is 0.0621 e. The third-order valence-corrected chi connectivity index (χ3v) is 4.48. The average molecular weight is 281 g/mol. The first kappa shape index (κ1) is 14.8. The van der Waals surface area contributed by atoms with Gasteiger partial charge >= 0.3 is 0 Å². The first-order chi connectivity index (χ1) is 9.11. The lowest BCUT2D eigenvalue weighted by Crippen LogP contribution is -2.35. The molecular weight excluding hydrogens is 256 g/mol. The van der Waals surface area contributed by atoms with E-state index in [0.717, 1.165) is 24.5 Å². The van der Waals surface area contributed by atoms with Crippen molar-refractivity contribution in [2.24, 2.45) is 11.3 Å². The van der Waals surface area contributed by atoms with Gasteiger partial charge in [-0.1, -0.05) is 38.3 Å². The maximum atomic E-state index is 6.27. The highest BCUT2D eigenvalue weighted by Gasteiger charge is 2.34. The lowest BCUT2D eigenvalue weighted by molar-refractivity contribution is 0.273. The Balaban J connectivity index is 2.01. The van der Waals surface area contributed by atoms with Gasteiger partial charge in [0.15, 0.2) is 0 Å². The van der Waals surface area contributed by atoms with Crippen LogP contribution in [0, 0.1) is 11.3 Å². The van der Waals surface area contributed by atoms with Crippen molar-refractivity contribution in [1.29, 1.82) is 0 Å². The van der Waals surface area contributed by atoms with Crippen molar-refractivity contribution < 1.29 is 0 Å². The van der Waals surface area contributed by atoms with E-state index in [2.05, 4.69) is 30.2 Å². The van der Waals surface area contributed by atoms with Crippen LogP contribution in [0.1, 0.15) is 45.1 Å². The molecule has 3 heteroatoms. The molecule has 0 atom stereocenters. The van der Waals surface area contributed by atoms with Gasteiger partial charge < -0.3 is 5.32 Å². The first-order valence-electron chi connectivity index (χ1n) is 7.40. The molecule has 2 rings (SSSR count). The Morgan fingerprint density at radius 3 is 2.74 bits per heavy atom. The largest absolute Gasteiger partial charge is 0.316 e. The van der Waals surface area contributed by atoms with Gasteiger partial charge in [0.1, 0.15) is 0 Å². The van der Waals surface area contributed by atoms with E-state index in [1.165, 1.54) is 31.2 Å². The van der Waals surface area contributed by atoms with Crippen molar-refractivity contribution in [1.82, 2.24) is 10.3 Å². The zero-order valence-corrected chi connectivity index (χ0v) is 12.8. The number of pyridine rings is 1. The highest BCUT2D eigenvalue weighted by molar-refractivity contribution is 6.31. The molecule has 1 aromatic heterocycles. The normalized spacial score (nSPS) is 18.1. The molecule has 2 nitrogen and oxygen atoms in total. The summed E-state index contributed by atoms with van der Waals surface area (Å²) < 4.78 is 0. The molecule has 1 fully saturated rings. The standard InChI is InChI=1S/C16H25ClN2/c1-13(2)10-19-12-16(6-3-4-7-16)9-14-5-8-18-11-15(14)17/h5,8,11,13,19H,3-4,6-7,9-10,12H2,1-2H3. The molecule has 1 saturated carbocycles. The Labute approximate surface area is 122 Å². The molecule has 1 aliphatic carbocycles. The number of nitrogens with zero attached hydrogens (tertiary/aromatic N) is 1. The van der Waals surface area contributed by atoms with E-state index in [-0.39, 0.29) is 0 Å². The average Bonchev–Trinajstić information content (AvgIpc) is 2.81. The predicted molar refractivity (Wildman–Crippen MR) is 81.6 cm³/mol. The summed E-state index contributed by atoms with van der Waals surface area (Å²) in [7, 11) is 0. The van der Waals surface area contributed by atoms with Crippen LogP contribution in [0.5, 0.6) is 0 Å². The zero-order valence-electron chi connectivity index (χ0n) is 12.1. The van der Waals surface area contributed by atoms with Crippen molar-refractivity contribution in [2.75, 3.05) is 13.1 Å². The molecule has 0 radical (unpaired) electrons. The van der Waals surface area contributed by atoms with Crippen molar-refractivity contribution in [2.45, 2.75) is 46.0 Å². The van der Waals surface area contributed by atoms with Gasteiger partial charge in [-0.05, 0) is 48.8 Å². The number of halogens is 1. The number of hydrogen-bond acceptors (Lipinski definition) is 2. The third kappa shape index (κ3) is 4.19. The molecule has 106 valence electrons. The van der Waals surface area contributed by atoms with E-state index in [1.54, 1.807) is 6.20 Å². The molecule has 1 aliphatic rings. The number of nitrogens with one attached hydrogen (secondary N) is 1. The highest BCUT2D eigenvalue weighted by atomic mass is 35.5. The van der Waals surface area contributed by atoms with Crippen LogP contribution in [0.2, 0.25) is 5.02 Å². The van der Waals surface area contributed by atoms with Crippen molar-refractivity contribution in [3.8, 4) is 0 Å². The van der Waals surface area contributed by atoms with Crippen LogP contribution in [-0.2, 0) is 6.42 Å². The van der Waals surface area contributed by atoms with Gasteiger partial charge in [-0.25, -0.2) is 0 Å². The molecule has 0 aliphatic heterocycles. The summed E-state index contributed by atoms with van der Waals surface area (Å²) in [4.78, 5) is 4.08. The summed E-state index contributed by atoms with van der Waals surface area (Å²) in [6, 6.07) is 2.07. The second kappa shape index (κ2) is 6.71. The number of hydrogen-bond donors (Lipinski definition) is 1. The molecule has 0 bridgehead atoms. The van der Waals surface area contributed by atoms with Crippen molar-refractivity contribution in [3.05, 3.63) is 29.0 Å². The summed E-state index contributed by atoms with van der Waals surface area (Å²) in [5.41, 5.74) is 1.66. The Morgan fingerprint density at radius 1 is 1.37 bits per heavy atom. The van der Waals surface area contributed by atoms with E-state index in [1.807, 2.05) is 6.20 Å². The minimum Gasteiger partial charge on any atom is -0.316 e. The van der Waals surface area contributed by atoms with Gasteiger partial charge in [0.05, 0.1) is 5.02 Å². The van der Waals surface area contributed by atoms with Crippen LogP contribution in [0.3, 0.4) is 0 Å². The Hall–Kier alpha value is -0.600. The SMILES string of the molecule is CC(C)CNCC1(Cc2ccncc2Cl)CCCC1. The zero-order chi connectivity index (χ0) is 13.7. The molecule has 0 saturated heterocycles. The van der Waals surface area contributed by atoms with Crippen LogP contribution >= 0.6 is 11.6 Å². The minimum atomic E-state index is 0.403. The highest BCUT2D eigenvalue weighted by Crippen LogP contribution is 2.41. The third-order valence-electron chi connectivity index (χ3n) is 4.14. The molecule has 0 unspecified atom stereocenters. The lowest BCUT2D eigenvalue weighted by Gasteiger charge is -2.30. The van der Waals surface area contributed by atoms with Gasteiger partial charge in [-0.3, -0.25) is 4.98 Å². The second-order valence-corrected chi connectivity index (χ2v) is 6.78. The van der Waals surface area contributed by atoms with Gasteiger partial charge in [0.2, 0.25) is 0 Å². The summed E-state index contributed by atoms with van der Waals surface area (Å²) in [6.07, 6.45) is 10.0. The Bertz CT molecular complexity index is 397. The molecule has 1 heterocycles. The van der Waals surface area contributed by atoms with E-state index in [4.69, 9.17) is 11.6 Å². The van der Waals surface area contributed by atoms with Crippen LogP contribution in [0.25, 0.3) is 0 Å². The second-order valence-electron chi connectivity index (χ2n) is 6.38. The number of rotatable bonds is 6. The quantitative estimate of drug-likeness (QED) is 0.849. The fraction of sp³-hybridized carbons (Fsp3) is 0.688. The molecule has 19 heavy (non-hydrogen) atoms. The van der Waals surface area contributed by atoms with Crippen LogP contribution < -0.4 is 5.32 Å². The van der Waals surface area contributed by atoms with Crippen LogP contribution in [0.4, 0.5) is 0 Å². The molecular formula is C16H25ClN2. The van der Waals surface area contributed by atoms with Gasteiger partial charge in [0.25, 0.3) is 0 Å². The predicted octanol–water partition coefficient (Wildman–Crippen LogP) is 4.08. The van der Waals surface area contributed by atoms with Crippen molar-refractivity contribution in [3.63, 3.8) is 0 Å². The van der Waals surface area contributed by atoms with Crippen LogP contribution in [-0.4, -0.2) is 18.1 Å². The molecule has 0 spiro atoms. The van der Waals surface area contributed by atoms with Gasteiger partial charge in [-0.15, -0.1) is 0 Å². The van der Waals surface area contributed by atoms with E-state index < -0.39 is 0 Å². The monoisotopic (exact) mass is 280 g/mol. The first-order valence-corrected chi connectivity index (χ1v) is 7.78. The Morgan fingerprint density at radius 2 is 2.11 bits per heavy atom. The summed E-state index contributed by atoms with van der Waals surface area (Å²) in [5.74, 6) is 0.711. The lowest BCUT2D eigenvalue weighted by atomic mass is 9.80. The van der Waals surface area contributed by atoms with Gasteiger partial charge in [-0.2, -0.15) is 0 Å². The molecule has 1 aromatic rings. The smallest absolute Gasteiger partial charge is 0.0621 e. The van der Waals surface area contributed by atoms with Crippen LogP contribution in [0.15, 0.2) is 18.5 Å².